The Morgan fingerprint density at radius 3 is 2.60 bits per heavy atom. The number of hydrogen-bond donors (Lipinski definition) is 1. The summed E-state index contributed by atoms with van der Waals surface area (Å²) in [6.45, 7) is 3.66. The number of piperazine rings is 1. The molecule has 3 rings (SSSR count). The first-order valence-corrected chi connectivity index (χ1v) is 8.21. The Morgan fingerprint density at radius 2 is 1.92 bits per heavy atom. The molecule has 5 nitrogen and oxygen atoms in total. The molecule has 0 aliphatic carbocycles. The number of nitrogens with zero attached hydrogens (tertiary/aromatic N) is 3. The van der Waals surface area contributed by atoms with Crippen molar-refractivity contribution in [3.8, 4) is 0 Å². The van der Waals surface area contributed by atoms with Gasteiger partial charge >= 0.3 is 6.03 Å². The lowest BCUT2D eigenvalue weighted by atomic mass is 10.2. The summed E-state index contributed by atoms with van der Waals surface area (Å²) in [5.41, 5.74) is 1.03. The zero-order valence-corrected chi connectivity index (χ0v) is 14.0. The van der Waals surface area contributed by atoms with Gasteiger partial charge in [-0.3, -0.25) is 4.98 Å². The van der Waals surface area contributed by atoms with Crippen LogP contribution >= 0.6 is 0 Å². The van der Waals surface area contributed by atoms with Crippen LogP contribution in [0.5, 0.6) is 0 Å². The molecule has 1 atom stereocenters. The van der Waals surface area contributed by atoms with Crippen molar-refractivity contribution in [2.45, 2.75) is 13.0 Å². The maximum atomic E-state index is 13.9. The number of anilines is 1. The molecule has 1 aromatic heterocycles. The largest absolute Gasteiger partial charge is 0.366 e. The molecule has 1 saturated heterocycles. The molecule has 2 aromatic rings. The predicted molar refractivity (Wildman–Crippen MR) is 91.3 cm³/mol. The summed E-state index contributed by atoms with van der Waals surface area (Å²) in [7, 11) is 0. The van der Waals surface area contributed by atoms with Crippen LogP contribution in [0.3, 0.4) is 0 Å². The number of nitrogens with one attached hydrogen (secondary N) is 1. The van der Waals surface area contributed by atoms with Gasteiger partial charge in [0.15, 0.2) is 0 Å². The highest BCUT2D eigenvalue weighted by Gasteiger charge is 2.24. The minimum atomic E-state index is -0.472. The first kappa shape index (κ1) is 17.1. The lowest BCUT2D eigenvalue weighted by molar-refractivity contribution is 0.191. The molecule has 0 spiro atoms. The first-order valence-electron chi connectivity index (χ1n) is 8.21. The van der Waals surface area contributed by atoms with Gasteiger partial charge in [0.05, 0.1) is 17.4 Å². The van der Waals surface area contributed by atoms with E-state index in [0.717, 1.165) is 17.8 Å². The Balaban J connectivity index is 1.57. The molecule has 0 radical (unpaired) electrons. The van der Waals surface area contributed by atoms with Gasteiger partial charge in [-0.05, 0) is 31.2 Å². The molecule has 1 fully saturated rings. The van der Waals surface area contributed by atoms with Crippen LogP contribution in [0.2, 0.25) is 0 Å². The summed E-state index contributed by atoms with van der Waals surface area (Å²) in [6.07, 6.45) is 1.68. The Labute approximate surface area is 145 Å². The highest BCUT2D eigenvalue weighted by molar-refractivity contribution is 5.75. The topological polar surface area (TPSA) is 48.5 Å². The number of halogens is 2. The third kappa shape index (κ3) is 4.04. The van der Waals surface area contributed by atoms with E-state index in [1.807, 2.05) is 25.1 Å². The van der Waals surface area contributed by atoms with Gasteiger partial charge in [0.2, 0.25) is 0 Å². The van der Waals surface area contributed by atoms with E-state index in [1.165, 1.54) is 6.07 Å². The van der Waals surface area contributed by atoms with Gasteiger partial charge in [-0.25, -0.2) is 13.6 Å². The Morgan fingerprint density at radius 1 is 1.16 bits per heavy atom. The number of urea groups is 1. The highest BCUT2D eigenvalue weighted by atomic mass is 19.1. The van der Waals surface area contributed by atoms with Crippen LogP contribution < -0.4 is 10.2 Å². The summed E-state index contributed by atoms with van der Waals surface area (Å²) in [6, 6.07) is 8.58. The molecule has 7 heteroatoms. The monoisotopic (exact) mass is 346 g/mol. The van der Waals surface area contributed by atoms with Gasteiger partial charge in [-0.2, -0.15) is 0 Å². The maximum absolute atomic E-state index is 13.9. The van der Waals surface area contributed by atoms with Crippen LogP contribution in [0.15, 0.2) is 42.6 Å². The quantitative estimate of drug-likeness (QED) is 0.930. The van der Waals surface area contributed by atoms with E-state index in [0.29, 0.717) is 26.2 Å². The van der Waals surface area contributed by atoms with E-state index < -0.39 is 11.6 Å². The van der Waals surface area contributed by atoms with Crippen LogP contribution in [0.25, 0.3) is 0 Å². The van der Waals surface area contributed by atoms with Crippen molar-refractivity contribution in [1.82, 2.24) is 15.2 Å². The average Bonchev–Trinajstić information content (AvgIpc) is 2.64. The van der Waals surface area contributed by atoms with Crippen molar-refractivity contribution in [3.05, 3.63) is 59.9 Å². The summed E-state index contributed by atoms with van der Waals surface area (Å²) >= 11 is 0. The number of hydrogen-bond acceptors (Lipinski definition) is 3. The summed E-state index contributed by atoms with van der Waals surface area (Å²) in [4.78, 5) is 20.0. The fourth-order valence-corrected chi connectivity index (χ4v) is 2.86. The van der Waals surface area contributed by atoms with E-state index in [2.05, 4.69) is 10.3 Å². The van der Waals surface area contributed by atoms with Gasteiger partial charge in [0.1, 0.15) is 11.6 Å². The second-order valence-electron chi connectivity index (χ2n) is 6.00. The van der Waals surface area contributed by atoms with E-state index in [4.69, 9.17) is 0 Å². The number of amides is 2. The van der Waals surface area contributed by atoms with Crippen LogP contribution in [-0.2, 0) is 0 Å². The maximum Gasteiger partial charge on any atom is 0.318 e. The van der Waals surface area contributed by atoms with Crippen molar-refractivity contribution in [1.29, 1.82) is 0 Å². The van der Waals surface area contributed by atoms with Crippen molar-refractivity contribution >= 4 is 11.7 Å². The van der Waals surface area contributed by atoms with Gasteiger partial charge in [0.25, 0.3) is 0 Å². The molecule has 2 heterocycles. The van der Waals surface area contributed by atoms with Crippen molar-refractivity contribution < 1.29 is 13.6 Å². The van der Waals surface area contributed by atoms with Crippen molar-refractivity contribution in [3.63, 3.8) is 0 Å². The number of aromatic nitrogens is 1. The Kier molecular flexibility index (Phi) is 5.11. The lowest BCUT2D eigenvalue weighted by Gasteiger charge is -2.36. The normalized spacial score (nSPS) is 15.8. The number of benzene rings is 1. The van der Waals surface area contributed by atoms with E-state index in [-0.39, 0.29) is 17.8 Å². The van der Waals surface area contributed by atoms with Gasteiger partial charge in [-0.15, -0.1) is 0 Å². The standard InChI is InChI=1S/C18H20F2N4O/c1-13(16-4-2-3-7-21-16)22-18(25)24-10-8-23(9-11-24)17-12-14(19)5-6-15(17)20/h2-7,12-13H,8-11H2,1H3,(H,22,25)/t13-/m0/s1. The minimum absolute atomic E-state index is 0.183. The van der Waals surface area contributed by atoms with Gasteiger partial charge < -0.3 is 15.1 Å². The summed E-state index contributed by atoms with van der Waals surface area (Å²) in [5.74, 6) is -0.927. The van der Waals surface area contributed by atoms with Gasteiger partial charge in [0, 0.05) is 38.4 Å². The third-order valence-electron chi connectivity index (χ3n) is 4.29. The molecular weight excluding hydrogens is 326 g/mol. The predicted octanol–water partition coefficient (Wildman–Crippen LogP) is 2.95. The van der Waals surface area contributed by atoms with Crippen molar-refractivity contribution in [2.24, 2.45) is 0 Å². The fraction of sp³-hybridized carbons (Fsp3) is 0.333. The zero-order chi connectivity index (χ0) is 17.8. The molecule has 1 N–H and O–H groups in total. The number of carbonyl (C=O) groups is 1. The van der Waals surface area contributed by atoms with Gasteiger partial charge in [-0.1, -0.05) is 6.07 Å². The molecule has 0 saturated carbocycles. The Bertz CT molecular complexity index is 733. The smallest absolute Gasteiger partial charge is 0.318 e. The van der Waals surface area contributed by atoms with E-state index in [1.54, 1.807) is 16.0 Å². The van der Waals surface area contributed by atoms with Crippen LogP contribution in [0.4, 0.5) is 19.3 Å². The second kappa shape index (κ2) is 7.46. The number of pyridine rings is 1. The van der Waals surface area contributed by atoms with E-state index in [9.17, 15) is 13.6 Å². The van der Waals surface area contributed by atoms with Crippen LogP contribution in [0, 0.1) is 11.6 Å². The first-order chi connectivity index (χ1) is 12.0. The summed E-state index contributed by atoms with van der Waals surface area (Å²) in [5, 5.41) is 2.91. The fourth-order valence-electron chi connectivity index (χ4n) is 2.86. The van der Waals surface area contributed by atoms with E-state index >= 15 is 0 Å². The van der Waals surface area contributed by atoms with Crippen molar-refractivity contribution in [2.75, 3.05) is 31.1 Å². The SMILES string of the molecule is C[C@H](NC(=O)N1CCN(c2cc(F)ccc2F)CC1)c1ccccn1. The molecule has 25 heavy (non-hydrogen) atoms. The highest BCUT2D eigenvalue weighted by Crippen LogP contribution is 2.22. The number of rotatable bonds is 3. The van der Waals surface area contributed by atoms with Crippen LogP contribution in [-0.4, -0.2) is 42.1 Å². The Hall–Kier alpha value is -2.70. The molecule has 1 aliphatic heterocycles. The lowest BCUT2D eigenvalue weighted by Crippen LogP contribution is -2.52. The molecule has 1 aliphatic rings. The minimum Gasteiger partial charge on any atom is -0.366 e. The molecule has 1 aromatic carbocycles. The molecular formula is C18H20F2N4O. The van der Waals surface area contributed by atoms with Crippen LogP contribution in [0.1, 0.15) is 18.7 Å². The summed E-state index contributed by atoms with van der Waals surface area (Å²) < 4.78 is 27.2. The number of carbonyl (C=O) groups excluding carboxylic acids is 1. The molecule has 2 amide bonds. The molecule has 132 valence electrons. The third-order valence-corrected chi connectivity index (χ3v) is 4.29. The average molecular weight is 346 g/mol. The second-order valence-corrected chi connectivity index (χ2v) is 6.00. The molecule has 0 unspecified atom stereocenters. The molecule has 0 bridgehead atoms. The zero-order valence-electron chi connectivity index (χ0n) is 14.0.